The number of methoxy groups -OCH3 is 1. The first-order valence-corrected chi connectivity index (χ1v) is 7.40. The molecule has 2 rings (SSSR count). The number of hydrogen-bond donors (Lipinski definition) is 2. The van der Waals surface area contributed by atoms with Gasteiger partial charge in [-0.15, -0.1) is 0 Å². The van der Waals surface area contributed by atoms with Crippen LogP contribution in [0.3, 0.4) is 0 Å². The van der Waals surface area contributed by atoms with Crippen molar-refractivity contribution in [3.8, 4) is 11.5 Å². The average Bonchev–Trinajstić information content (AvgIpc) is 2.58. The average molecular weight is 364 g/mol. The second-order valence-electron chi connectivity index (χ2n) is 4.94. The highest BCUT2D eigenvalue weighted by atomic mass is 35.5. The van der Waals surface area contributed by atoms with Gasteiger partial charge in [-0.05, 0) is 23.8 Å². The predicted octanol–water partition coefficient (Wildman–Crippen LogP) is 2.66. The number of nitrogens with one attached hydrogen (secondary N) is 1. The molecule has 2 aromatic rings. The Morgan fingerprint density at radius 2 is 2.08 bits per heavy atom. The van der Waals surface area contributed by atoms with Crippen molar-refractivity contribution in [2.45, 2.75) is 6.42 Å². The molecule has 0 aliphatic carbocycles. The number of ether oxygens (including phenoxy) is 1. The first-order chi connectivity index (χ1) is 11.9. The van der Waals surface area contributed by atoms with Crippen LogP contribution in [0.5, 0.6) is 11.5 Å². The van der Waals surface area contributed by atoms with E-state index in [1.165, 1.54) is 19.4 Å². The summed E-state index contributed by atoms with van der Waals surface area (Å²) in [6.45, 7) is 0. The molecule has 0 fully saturated rings. The molecule has 0 radical (unpaired) electrons. The zero-order valence-electron chi connectivity index (χ0n) is 13.1. The molecule has 0 saturated carbocycles. The van der Waals surface area contributed by atoms with E-state index in [2.05, 4.69) is 10.5 Å². The highest BCUT2D eigenvalue weighted by Crippen LogP contribution is 2.36. The van der Waals surface area contributed by atoms with Gasteiger partial charge in [-0.3, -0.25) is 14.9 Å². The quantitative estimate of drug-likeness (QED) is 0.465. The predicted molar refractivity (Wildman–Crippen MR) is 92.2 cm³/mol. The highest BCUT2D eigenvalue weighted by Gasteiger charge is 2.19. The third kappa shape index (κ3) is 4.92. The van der Waals surface area contributed by atoms with E-state index in [1.54, 1.807) is 24.3 Å². The molecule has 8 nitrogen and oxygen atoms in total. The van der Waals surface area contributed by atoms with Crippen LogP contribution in [0.4, 0.5) is 5.69 Å². The summed E-state index contributed by atoms with van der Waals surface area (Å²) in [7, 11) is 1.27. The summed E-state index contributed by atoms with van der Waals surface area (Å²) in [5.74, 6) is -1.00. The Hall–Kier alpha value is -3.13. The highest BCUT2D eigenvalue weighted by molar-refractivity contribution is 6.30. The number of nitrogens with zero attached hydrogens (tertiary/aromatic N) is 2. The fourth-order valence-corrected chi connectivity index (χ4v) is 2.12. The molecule has 2 aromatic carbocycles. The van der Waals surface area contributed by atoms with E-state index in [0.717, 1.165) is 11.6 Å². The van der Waals surface area contributed by atoms with Gasteiger partial charge in [0.1, 0.15) is 0 Å². The molecule has 0 aliphatic heterocycles. The van der Waals surface area contributed by atoms with Gasteiger partial charge in [0.2, 0.25) is 11.7 Å². The maximum Gasteiger partial charge on any atom is 0.315 e. The molecule has 25 heavy (non-hydrogen) atoms. The van der Waals surface area contributed by atoms with E-state index in [-0.39, 0.29) is 23.6 Å². The molecular formula is C16H14ClN3O5. The molecule has 0 saturated heterocycles. The van der Waals surface area contributed by atoms with Crippen LogP contribution in [0.1, 0.15) is 11.1 Å². The van der Waals surface area contributed by atoms with Crippen LogP contribution >= 0.6 is 11.6 Å². The lowest BCUT2D eigenvalue weighted by Gasteiger charge is -2.05. The maximum atomic E-state index is 11.8. The van der Waals surface area contributed by atoms with Crippen LogP contribution in [-0.4, -0.2) is 29.3 Å². The number of carbonyl (C=O) groups excluding carboxylic acids is 1. The van der Waals surface area contributed by atoms with Gasteiger partial charge in [0, 0.05) is 16.7 Å². The fraction of sp³-hybridized carbons (Fsp3) is 0.125. The monoisotopic (exact) mass is 363 g/mol. The number of nitro benzene ring substituents is 1. The number of aromatic hydroxyl groups is 1. The van der Waals surface area contributed by atoms with Crippen molar-refractivity contribution in [3.63, 3.8) is 0 Å². The van der Waals surface area contributed by atoms with Crippen LogP contribution in [0, 0.1) is 10.1 Å². The molecule has 0 spiro atoms. The minimum atomic E-state index is -0.742. The molecule has 1 amide bonds. The number of phenolic OH excluding ortho intramolecular Hbond substituents is 1. The summed E-state index contributed by atoms with van der Waals surface area (Å²) in [6.07, 6.45) is 1.32. The van der Waals surface area contributed by atoms with Crippen LogP contribution in [0.25, 0.3) is 0 Å². The number of amides is 1. The molecule has 0 heterocycles. The molecular weight excluding hydrogens is 350 g/mol. The molecule has 0 aromatic heterocycles. The molecule has 9 heteroatoms. The number of phenols is 1. The normalized spacial score (nSPS) is 10.6. The van der Waals surface area contributed by atoms with Gasteiger partial charge in [0.25, 0.3) is 0 Å². The van der Waals surface area contributed by atoms with Crippen molar-refractivity contribution in [3.05, 3.63) is 62.7 Å². The SMILES string of the molecule is COc1cc(C=NNC(=O)Cc2ccc(Cl)cc2)cc([N+](=O)[O-])c1O. The first kappa shape index (κ1) is 18.2. The van der Waals surface area contributed by atoms with Crippen molar-refractivity contribution in [1.82, 2.24) is 5.43 Å². The Balaban J connectivity index is 2.06. The van der Waals surface area contributed by atoms with E-state index < -0.39 is 16.4 Å². The minimum Gasteiger partial charge on any atom is -0.500 e. The lowest BCUT2D eigenvalue weighted by Crippen LogP contribution is -2.19. The number of hydrazone groups is 1. The minimum absolute atomic E-state index is 0.0665. The summed E-state index contributed by atoms with van der Waals surface area (Å²) in [5.41, 5.74) is 2.85. The third-order valence-electron chi connectivity index (χ3n) is 3.17. The van der Waals surface area contributed by atoms with Crippen molar-refractivity contribution in [2.75, 3.05) is 7.11 Å². The summed E-state index contributed by atoms with van der Waals surface area (Å²) in [6, 6.07) is 9.27. The molecule has 0 aliphatic rings. The van der Waals surface area contributed by atoms with Crippen molar-refractivity contribution in [1.29, 1.82) is 0 Å². The fourth-order valence-electron chi connectivity index (χ4n) is 1.99. The molecule has 0 atom stereocenters. The summed E-state index contributed by atoms with van der Waals surface area (Å²) >= 11 is 5.77. The molecule has 2 N–H and O–H groups in total. The second-order valence-corrected chi connectivity index (χ2v) is 5.38. The van der Waals surface area contributed by atoms with Crippen molar-refractivity contribution in [2.24, 2.45) is 5.10 Å². The zero-order valence-corrected chi connectivity index (χ0v) is 13.9. The van der Waals surface area contributed by atoms with Crippen molar-refractivity contribution < 1.29 is 19.6 Å². The topological polar surface area (TPSA) is 114 Å². The van der Waals surface area contributed by atoms with Crippen LogP contribution in [-0.2, 0) is 11.2 Å². The van der Waals surface area contributed by atoms with E-state index >= 15 is 0 Å². The Morgan fingerprint density at radius 1 is 1.40 bits per heavy atom. The smallest absolute Gasteiger partial charge is 0.315 e. The molecule has 0 bridgehead atoms. The lowest BCUT2D eigenvalue weighted by molar-refractivity contribution is -0.386. The van der Waals surface area contributed by atoms with Crippen LogP contribution in [0.2, 0.25) is 5.02 Å². The van der Waals surface area contributed by atoms with Gasteiger partial charge < -0.3 is 9.84 Å². The van der Waals surface area contributed by atoms with Gasteiger partial charge in [-0.1, -0.05) is 23.7 Å². The first-order valence-electron chi connectivity index (χ1n) is 7.02. The summed E-state index contributed by atoms with van der Waals surface area (Å²) in [4.78, 5) is 22.0. The number of benzene rings is 2. The van der Waals surface area contributed by atoms with Gasteiger partial charge in [-0.2, -0.15) is 5.10 Å². The number of hydrogen-bond acceptors (Lipinski definition) is 6. The van der Waals surface area contributed by atoms with Gasteiger partial charge in [0.05, 0.1) is 24.7 Å². The van der Waals surface area contributed by atoms with E-state index in [4.69, 9.17) is 16.3 Å². The number of carbonyl (C=O) groups is 1. The van der Waals surface area contributed by atoms with Gasteiger partial charge >= 0.3 is 5.69 Å². The second kappa shape index (κ2) is 8.11. The van der Waals surface area contributed by atoms with Crippen LogP contribution < -0.4 is 10.2 Å². The Morgan fingerprint density at radius 3 is 2.68 bits per heavy atom. The maximum absolute atomic E-state index is 11.8. The van der Waals surface area contributed by atoms with Crippen LogP contribution in [0.15, 0.2) is 41.5 Å². The lowest BCUT2D eigenvalue weighted by atomic mass is 10.1. The summed E-state index contributed by atoms with van der Waals surface area (Å²) in [5, 5.41) is 24.9. The van der Waals surface area contributed by atoms with Gasteiger partial charge in [0.15, 0.2) is 5.75 Å². The zero-order chi connectivity index (χ0) is 18.4. The molecule has 130 valence electrons. The Labute approximate surface area is 147 Å². The van der Waals surface area contributed by atoms with E-state index in [9.17, 15) is 20.0 Å². The molecule has 0 unspecified atom stereocenters. The third-order valence-corrected chi connectivity index (χ3v) is 3.43. The number of nitro groups is 1. The Kier molecular flexibility index (Phi) is 5.91. The largest absolute Gasteiger partial charge is 0.500 e. The van der Waals surface area contributed by atoms with Gasteiger partial charge in [-0.25, -0.2) is 5.43 Å². The summed E-state index contributed by atoms with van der Waals surface area (Å²) < 4.78 is 4.88. The van der Waals surface area contributed by atoms with E-state index in [0.29, 0.717) is 5.02 Å². The van der Waals surface area contributed by atoms with Crippen molar-refractivity contribution >= 4 is 29.4 Å². The Bertz CT molecular complexity index is 821. The van der Waals surface area contributed by atoms with E-state index in [1.807, 2.05) is 0 Å². The number of rotatable bonds is 6. The number of halogens is 1. The standard InChI is InChI=1S/C16H14ClN3O5/c1-25-14-7-11(6-13(16(14)22)20(23)24)9-18-19-15(21)8-10-2-4-12(17)5-3-10/h2-7,9,22H,8H2,1H3,(H,19,21).